The van der Waals surface area contributed by atoms with E-state index < -0.39 is 0 Å². The van der Waals surface area contributed by atoms with Crippen molar-refractivity contribution in [3.05, 3.63) is 60.2 Å². The summed E-state index contributed by atoms with van der Waals surface area (Å²) in [6.07, 6.45) is 5.54. The molecule has 138 valence electrons. The van der Waals surface area contributed by atoms with Crippen molar-refractivity contribution >= 4 is 11.7 Å². The zero-order chi connectivity index (χ0) is 18.6. The van der Waals surface area contributed by atoms with Crippen molar-refractivity contribution in [1.29, 1.82) is 0 Å². The normalized spacial score (nSPS) is 14.1. The summed E-state index contributed by atoms with van der Waals surface area (Å²) < 4.78 is 1.78. The van der Waals surface area contributed by atoms with E-state index in [4.69, 9.17) is 0 Å². The minimum Gasteiger partial charge on any atom is -0.338 e. The first-order valence-corrected chi connectivity index (χ1v) is 8.80. The highest BCUT2D eigenvalue weighted by Crippen LogP contribution is 2.22. The molecule has 0 atom stereocenters. The molecule has 9 nitrogen and oxygen atoms in total. The van der Waals surface area contributed by atoms with Gasteiger partial charge in [0.1, 0.15) is 12.2 Å². The van der Waals surface area contributed by atoms with Gasteiger partial charge in [-0.05, 0) is 0 Å². The third-order valence-electron chi connectivity index (χ3n) is 4.58. The Balaban J connectivity index is 1.24. The van der Waals surface area contributed by atoms with E-state index in [1.54, 1.807) is 34.1 Å². The highest BCUT2D eigenvalue weighted by molar-refractivity contribution is 5.97. The lowest BCUT2D eigenvalue weighted by atomic mass is 10.0. The highest BCUT2D eigenvalue weighted by Gasteiger charge is 2.32. The molecule has 0 N–H and O–H groups in total. The van der Waals surface area contributed by atoms with E-state index in [2.05, 4.69) is 20.5 Å². The molecule has 27 heavy (non-hydrogen) atoms. The lowest BCUT2D eigenvalue weighted by Gasteiger charge is -2.38. The average molecular weight is 365 g/mol. The van der Waals surface area contributed by atoms with E-state index in [0.717, 1.165) is 5.69 Å². The second-order valence-electron chi connectivity index (χ2n) is 6.49. The van der Waals surface area contributed by atoms with Gasteiger partial charge in [0, 0.05) is 31.5 Å². The van der Waals surface area contributed by atoms with E-state index in [9.17, 15) is 9.59 Å². The Morgan fingerprint density at radius 2 is 1.78 bits per heavy atom. The fourth-order valence-electron chi connectivity index (χ4n) is 3.01. The smallest absolute Gasteiger partial charge is 0.223 e. The van der Waals surface area contributed by atoms with Gasteiger partial charge in [-0.3, -0.25) is 9.59 Å². The maximum Gasteiger partial charge on any atom is 0.223 e. The van der Waals surface area contributed by atoms with Crippen LogP contribution in [0.1, 0.15) is 34.9 Å². The second kappa shape index (κ2) is 7.48. The second-order valence-corrected chi connectivity index (χ2v) is 6.49. The van der Waals surface area contributed by atoms with Crippen LogP contribution in [0.15, 0.2) is 48.9 Å². The quantitative estimate of drug-likeness (QED) is 0.579. The Hall–Kier alpha value is -3.36. The van der Waals surface area contributed by atoms with Crippen molar-refractivity contribution in [2.45, 2.75) is 25.4 Å². The number of carbonyl (C=O) groups excluding carboxylic acids is 2. The summed E-state index contributed by atoms with van der Waals surface area (Å²) in [4.78, 5) is 27.6. The van der Waals surface area contributed by atoms with Crippen LogP contribution >= 0.6 is 0 Å². The molecule has 0 saturated carbocycles. The van der Waals surface area contributed by atoms with Gasteiger partial charge in [0.2, 0.25) is 5.91 Å². The molecule has 0 aliphatic carbocycles. The average Bonchev–Trinajstić information content (AvgIpc) is 3.32. The zero-order valence-electron chi connectivity index (χ0n) is 14.7. The summed E-state index contributed by atoms with van der Waals surface area (Å²) in [6.45, 7) is 1.63. The van der Waals surface area contributed by atoms with Gasteiger partial charge < -0.3 is 4.90 Å². The van der Waals surface area contributed by atoms with Crippen molar-refractivity contribution in [3.8, 4) is 0 Å². The summed E-state index contributed by atoms with van der Waals surface area (Å²) in [5.74, 6) is -0.00853. The predicted molar refractivity (Wildman–Crippen MR) is 94.8 cm³/mol. The third-order valence-corrected chi connectivity index (χ3v) is 4.58. The molecular weight excluding hydrogens is 346 g/mol. The number of aromatic nitrogens is 6. The topological polar surface area (TPSA) is 98.8 Å². The van der Waals surface area contributed by atoms with Crippen LogP contribution in [0.2, 0.25) is 0 Å². The van der Waals surface area contributed by atoms with Gasteiger partial charge in [0.05, 0.1) is 24.6 Å². The molecule has 4 rings (SSSR count). The van der Waals surface area contributed by atoms with Crippen LogP contribution in [0.25, 0.3) is 0 Å². The van der Waals surface area contributed by atoms with E-state index in [1.807, 2.05) is 24.4 Å². The van der Waals surface area contributed by atoms with Gasteiger partial charge in [-0.25, -0.2) is 4.68 Å². The van der Waals surface area contributed by atoms with Crippen LogP contribution in [-0.4, -0.2) is 59.7 Å². The predicted octanol–water partition coefficient (Wildman–Crippen LogP) is 0.964. The summed E-state index contributed by atoms with van der Waals surface area (Å²) in [6, 6.07) is 9.17. The van der Waals surface area contributed by atoms with Gasteiger partial charge in [-0.2, -0.15) is 15.0 Å². The number of likely N-dealkylation sites (tertiary alicyclic amines) is 1. The fourth-order valence-corrected chi connectivity index (χ4v) is 3.01. The monoisotopic (exact) mass is 365 g/mol. The maximum atomic E-state index is 12.3. The molecule has 9 heteroatoms. The first-order valence-electron chi connectivity index (χ1n) is 8.80. The van der Waals surface area contributed by atoms with E-state index in [-0.39, 0.29) is 30.6 Å². The maximum absolute atomic E-state index is 12.3. The Labute approximate surface area is 155 Å². The number of benzene rings is 1. The Morgan fingerprint density at radius 3 is 2.52 bits per heavy atom. The van der Waals surface area contributed by atoms with Crippen LogP contribution in [0.3, 0.4) is 0 Å². The third kappa shape index (κ3) is 3.91. The van der Waals surface area contributed by atoms with Gasteiger partial charge in [-0.1, -0.05) is 35.5 Å². The number of carbonyl (C=O) groups is 2. The molecule has 1 amide bonds. The molecule has 0 unspecified atom stereocenters. The lowest BCUT2D eigenvalue weighted by molar-refractivity contribution is -0.137. The highest BCUT2D eigenvalue weighted by atomic mass is 16.2. The molecule has 3 heterocycles. The van der Waals surface area contributed by atoms with Crippen LogP contribution < -0.4 is 0 Å². The van der Waals surface area contributed by atoms with Gasteiger partial charge in [0.15, 0.2) is 5.78 Å². The Bertz CT molecular complexity index is 914. The van der Waals surface area contributed by atoms with E-state index in [0.29, 0.717) is 25.2 Å². The molecule has 0 bridgehead atoms. The number of rotatable bonds is 7. The Kier molecular flexibility index (Phi) is 4.73. The first kappa shape index (κ1) is 17.1. The van der Waals surface area contributed by atoms with Gasteiger partial charge >= 0.3 is 0 Å². The van der Waals surface area contributed by atoms with Crippen molar-refractivity contribution in [3.63, 3.8) is 0 Å². The molecule has 1 saturated heterocycles. The molecule has 2 aromatic heterocycles. The molecular formula is C18H19N7O2. The van der Waals surface area contributed by atoms with Gasteiger partial charge in [-0.15, -0.1) is 5.10 Å². The van der Waals surface area contributed by atoms with Crippen molar-refractivity contribution in [2.24, 2.45) is 0 Å². The van der Waals surface area contributed by atoms with Crippen molar-refractivity contribution < 1.29 is 9.59 Å². The standard InChI is InChI=1S/C18H19N7O2/c26-17(14-4-2-1-3-5-14)6-7-18(27)23-12-16(13-23)24-10-15(21-22-24)11-25-19-8-9-20-25/h1-5,8-10,16H,6-7,11-13H2. The van der Waals surface area contributed by atoms with E-state index >= 15 is 0 Å². The van der Waals surface area contributed by atoms with Crippen LogP contribution in [0.5, 0.6) is 0 Å². The van der Waals surface area contributed by atoms with E-state index in [1.165, 1.54) is 4.80 Å². The summed E-state index contributed by atoms with van der Waals surface area (Å²) in [7, 11) is 0. The number of Topliss-reactive ketones (excluding diaryl/α,β-unsaturated/α-hetero) is 1. The number of hydrogen-bond donors (Lipinski definition) is 0. The molecule has 1 aromatic carbocycles. The van der Waals surface area contributed by atoms with Crippen LogP contribution in [0.4, 0.5) is 0 Å². The molecule has 0 spiro atoms. The number of amides is 1. The Morgan fingerprint density at radius 1 is 1.04 bits per heavy atom. The lowest BCUT2D eigenvalue weighted by Crippen LogP contribution is -2.50. The first-order chi connectivity index (χ1) is 13.2. The largest absolute Gasteiger partial charge is 0.338 e. The van der Waals surface area contributed by atoms with Crippen molar-refractivity contribution in [2.75, 3.05) is 13.1 Å². The van der Waals surface area contributed by atoms with Crippen LogP contribution in [-0.2, 0) is 11.3 Å². The van der Waals surface area contributed by atoms with Crippen LogP contribution in [0, 0.1) is 0 Å². The van der Waals surface area contributed by atoms with Crippen molar-refractivity contribution in [1.82, 2.24) is 34.9 Å². The summed E-state index contributed by atoms with van der Waals surface area (Å²) in [5.41, 5.74) is 1.41. The minimum absolute atomic E-state index is 0.00314. The SMILES string of the molecule is O=C(CCC(=O)N1CC(n2cc(Cn3nccn3)nn2)C1)c1ccccc1. The number of nitrogens with zero attached hydrogens (tertiary/aromatic N) is 7. The summed E-state index contributed by atoms with van der Waals surface area (Å²) in [5, 5.41) is 16.3. The fraction of sp³-hybridized carbons (Fsp3) is 0.333. The molecule has 1 aliphatic rings. The van der Waals surface area contributed by atoms with Gasteiger partial charge in [0.25, 0.3) is 0 Å². The molecule has 3 aromatic rings. The molecule has 1 aliphatic heterocycles. The summed E-state index contributed by atoms with van der Waals surface area (Å²) >= 11 is 0. The molecule has 1 fully saturated rings. The number of ketones is 1. The number of hydrogen-bond acceptors (Lipinski definition) is 6. The minimum atomic E-state index is -0.00540. The zero-order valence-corrected chi connectivity index (χ0v) is 14.7. The molecule has 0 radical (unpaired) electrons.